The lowest BCUT2D eigenvalue weighted by Gasteiger charge is -2.16. The highest BCUT2D eigenvalue weighted by Crippen LogP contribution is 2.22. The van der Waals surface area contributed by atoms with Gasteiger partial charge in [-0.15, -0.1) is 0 Å². The molecule has 1 aliphatic rings. The van der Waals surface area contributed by atoms with E-state index in [4.69, 9.17) is 23.2 Å². The van der Waals surface area contributed by atoms with Gasteiger partial charge in [-0.3, -0.25) is 24.5 Å². The van der Waals surface area contributed by atoms with Crippen molar-refractivity contribution in [2.45, 2.75) is 6.42 Å². The van der Waals surface area contributed by atoms with Crippen LogP contribution in [0, 0.1) is 0 Å². The smallest absolute Gasteiger partial charge is 0.269 e. The molecule has 1 N–H and O–H groups in total. The molecule has 0 saturated heterocycles. The molecule has 0 unspecified atom stereocenters. The number of hydrogen-bond donors (Lipinski definition) is 1. The summed E-state index contributed by atoms with van der Waals surface area (Å²) < 4.78 is 0. The molecule has 0 saturated carbocycles. The van der Waals surface area contributed by atoms with Crippen LogP contribution in [0.3, 0.4) is 0 Å². The molecule has 0 aliphatic carbocycles. The molecule has 0 atom stereocenters. The van der Waals surface area contributed by atoms with E-state index in [0.717, 1.165) is 4.90 Å². The maximum absolute atomic E-state index is 11.8. The zero-order chi connectivity index (χ0) is 17.7. The van der Waals surface area contributed by atoms with Gasteiger partial charge < -0.3 is 0 Å². The number of carbonyl (C=O) groups excluding carboxylic acids is 3. The Morgan fingerprint density at radius 1 is 1.21 bits per heavy atom. The Hall–Kier alpha value is -2.15. The van der Waals surface area contributed by atoms with Crippen molar-refractivity contribution >= 4 is 47.0 Å². The Bertz CT molecular complexity index is 713. The molecule has 0 spiro atoms. The normalized spacial score (nSPS) is 14.0. The Balaban J connectivity index is 1.82. The van der Waals surface area contributed by atoms with Gasteiger partial charge in [0.15, 0.2) is 0 Å². The number of imide groups is 1. The summed E-state index contributed by atoms with van der Waals surface area (Å²) in [6.07, 6.45) is 5.26. The SMILES string of the molecule is O=C(/C=C/c1ccc(Cl)cc1Cl)N(O)CCCN1C(=O)C=CC1=O. The number of amides is 3. The summed E-state index contributed by atoms with van der Waals surface area (Å²) in [5.41, 5.74) is 0.585. The molecule has 1 aromatic carbocycles. The predicted octanol–water partition coefficient (Wildman–Crippen LogP) is 2.54. The molecule has 8 heteroatoms. The van der Waals surface area contributed by atoms with Gasteiger partial charge in [0, 0.05) is 34.8 Å². The average molecular weight is 369 g/mol. The van der Waals surface area contributed by atoms with Crippen LogP contribution >= 0.6 is 23.2 Å². The molecule has 2 rings (SSSR count). The fourth-order valence-electron chi connectivity index (χ4n) is 2.02. The zero-order valence-electron chi connectivity index (χ0n) is 12.5. The van der Waals surface area contributed by atoms with E-state index < -0.39 is 17.7 Å². The molecule has 0 fully saturated rings. The van der Waals surface area contributed by atoms with Crippen LogP contribution in [-0.4, -0.2) is 46.0 Å². The summed E-state index contributed by atoms with van der Waals surface area (Å²) in [4.78, 5) is 35.6. The van der Waals surface area contributed by atoms with Crippen LogP contribution in [0.15, 0.2) is 36.4 Å². The van der Waals surface area contributed by atoms with Crippen molar-refractivity contribution < 1.29 is 19.6 Å². The van der Waals surface area contributed by atoms with Crippen LogP contribution in [0.5, 0.6) is 0 Å². The molecule has 0 bridgehead atoms. The van der Waals surface area contributed by atoms with Gasteiger partial charge in [-0.05, 0) is 30.2 Å². The van der Waals surface area contributed by atoms with Crippen LogP contribution < -0.4 is 0 Å². The molecule has 0 radical (unpaired) electrons. The number of halogens is 2. The second-order valence-corrected chi connectivity index (χ2v) is 5.82. The highest BCUT2D eigenvalue weighted by molar-refractivity contribution is 6.35. The van der Waals surface area contributed by atoms with Gasteiger partial charge in [0.05, 0.1) is 6.54 Å². The first-order valence-corrected chi connectivity index (χ1v) is 7.81. The Morgan fingerprint density at radius 3 is 2.50 bits per heavy atom. The summed E-state index contributed by atoms with van der Waals surface area (Å²) in [6, 6.07) is 4.82. The van der Waals surface area contributed by atoms with Gasteiger partial charge in [-0.25, -0.2) is 5.06 Å². The van der Waals surface area contributed by atoms with Crippen LogP contribution in [0.25, 0.3) is 6.08 Å². The maximum Gasteiger partial charge on any atom is 0.269 e. The third-order valence-corrected chi connectivity index (χ3v) is 3.84. The monoisotopic (exact) mass is 368 g/mol. The lowest BCUT2D eigenvalue weighted by Crippen LogP contribution is -2.34. The predicted molar refractivity (Wildman–Crippen MR) is 89.5 cm³/mol. The van der Waals surface area contributed by atoms with E-state index >= 15 is 0 Å². The van der Waals surface area contributed by atoms with Crippen molar-refractivity contribution in [3.63, 3.8) is 0 Å². The third kappa shape index (κ3) is 4.67. The molecule has 1 aromatic rings. The maximum atomic E-state index is 11.8. The molecule has 1 aliphatic heterocycles. The summed E-state index contributed by atoms with van der Waals surface area (Å²) in [6.45, 7) is 0.107. The van der Waals surface area contributed by atoms with Crippen LogP contribution in [0.1, 0.15) is 12.0 Å². The molecule has 6 nitrogen and oxygen atoms in total. The van der Waals surface area contributed by atoms with Gasteiger partial charge in [-0.1, -0.05) is 29.3 Å². The quantitative estimate of drug-likeness (QED) is 0.362. The average Bonchev–Trinajstić information content (AvgIpc) is 2.85. The molecule has 0 aromatic heterocycles. The van der Waals surface area contributed by atoms with Gasteiger partial charge in [0.25, 0.3) is 17.7 Å². The molecular formula is C16H14Cl2N2O4. The zero-order valence-corrected chi connectivity index (χ0v) is 14.0. The van der Waals surface area contributed by atoms with E-state index in [1.807, 2.05) is 0 Å². The largest absolute Gasteiger partial charge is 0.286 e. The number of rotatable bonds is 6. The van der Waals surface area contributed by atoms with Crippen molar-refractivity contribution in [1.82, 2.24) is 9.96 Å². The second kappa shape index (κ2) is 8.10. The lowest BCUT2D eigenvalue weighted by molar-refractivity contribution is -0.159. The summed E-state index contributed by atoms with van der Waals surface area (Å²) in [5.74, 6) is -1.43. The first-order chi connectivity index (χ1) is 11.4. The van der Waals surface area contributed by atoms with E-state index in [1.165, 1.54) is 24.3 Å². The van der Waals surface area contributed by atoms with Gasteiger partial charge in [-0.2, -0.15) is 0 Å². The van der Waals surface area contributed by atoms with Gasteiger partial charge in [0.2, 0.25) is 0 Å². The summed E-state index contributed by atoms with van der Waals surface area (Å²) in [5, 5.41) is 11.1. The minimum Gasteiger partial charge on any atom is -0.286 e. The lowest BCUT2D eigenvalue weighted by atomic mass is 10.2. The van der Waals surface area contributed by atoms with Crippen LogP contribution in [-0.2, 0) is 14.4 Å². The highest BCUT2D eigenvalue weighted by atomic mass is 35.5. The minimum absolute atomic E-state index is 0.0193. The second-order valence-electron chi connectivity index (χ2n) is 4.98. The van der Waals surface area contributed by atoms with Crippen LogP contribution in [0.2, 0.25) is 10.0 Å². The molecule has 24 heavy (non-hydrogen) atoms. The Labute approximate surface area is 148 Å². The van der Waals surface area contributed by atoms with Crippen molar-refractivity contribution in [1.29, 1.82) is 0 Å². The first kappa shape index (κ1) is 18.2. The molecule has 1 heterocycles. The number of carbonyl (C=O) groups is 3. The van der Waals surface area contributed by atoms with Crippen molar-refractivity contribution in [2.24, 2.45) is 0 Å². The molecule has 126 valence electrons. The standard InChI is InChI=1S/C16H14Cl2N2O4/c17-12-4-2-11(13(18)10-12)3-5-16(23)20(24)9-1-8-19-14(21)6-7-15(19)22/h2-7,10,24H,1,8-9H2/b5-3+. The number of benzene rings is 1. The highest BCUT2D eigenvalue weighted by Gasteiger charge is 2.22. The minimum atomic E-state index is -0.641. The molecule has 3 amide bonds. The topological polar surface area (TPSA) is 77.9 Å². The van der Waals surface area contributed by atoms with E-state index in [9.17, 15) is 19.6 Å². The summed E-state index contributed by atoms with van der Waals surface area (Å²) >= 11 is 11.8. The van der Waals surface area contributed by atoms with Crippen molar-refractivity contribution in [3.05, 3.63) is 52.0 Å². The molecular weight excluding hydrogens is 355 g/mol. The van der Waals surface area contributed by atoms with Gasteiger partial charge >= 0.3 is 0 Å². The van der Waals surface area contributed by atoms with Crippen molar-refractivity contribution in [2.75, 3.05) is 13.1 Å². The fraction of sp³-hybridized carbons (Fsp3) is 0.188. The Kier molecular flexibility index (Phi) is 6.14. The fourth-order valence-corrected chi connectivity index (χ4v) is 2.50. The van der Waals surface area contributed by atoms with E-state index in [2.05, 4.69) is 0 Å². The number of nitrogens with zero attached hydrogens (tertiary/aromatic N) is 2. The van der Waals surface area contributed by atoms with E-state index in [0.29, 0.717) is 20.7 Å². The summed E-state index contributed by atoms with van der Waals surface area (Å²) in [7, 11) is 0. The first-order valence-electron chi connectivity index (χ1n) is 7.05. The third-order valence-electron chi connectivity index (χ3n) is 3.27. The number of hydroxylamine groups is 2. The van der Waals surface area contributed by atoms with Gasteiger partial charge in [0.1, 0.15) is 0 Å². The van der Waals surface area contributed by atoms with Crippen LogP contribution in [0.4, 0.5) is 0 Å². The van der Waals surface area contributed by atoms with Crippen molar-refractivity contribution in [3.8, 4) is 0 Å². The number of hydrogen-bond acceptors (Lipinski definition) is 4. The Morgan fingerprint density at radius 2 is 1.88 bits per heavy atom. The van der Waals surface area contributed by atoms with E-state index in [-0.39, 0.29) is 19.5 Å². The van der Waals surface area contributed by atoms with E-state index in [1.54, 1.807) is 18.2 Å².